The van der Waals surface area contributed by atoms with Crippen LogP contribution in [0.4, 0.5) is 11.4 Å². The molecule has 0 saturated carbocycles. The lowest BCUT2D eigenvalue weighted by atomic mass is 10.1. The van der Waals surface area contributed by atoms with Crippen molar-refractivity contribution in [2.45, 2.75) is 0 Å². The maximum absolute atomic E-state index is 12.3. The lowest BCUT2D eigenvalue weighted by Gasteiger charge is -2.07. The van der Waals surface area contributed by atoms with E-state index < -0.39 is 23.4 Å². The van der Waals surface area contributed by atoms with Crippen LogP contribution in [0.3, 0.4) is 0 Å². The molecule has 0 aliphatic carbocycles. The topological polar surface area (TPSA) is 127 Å². The van der Waals surface area contributed by atoms with Crippen LogP contribution in [-0.4, -0.2) is 33.6 Å². The molecule has 2 aromatic carbocycles. The number of carbonyl (C=O) groups excluding carboxylic acids is 2. The number of nitro benzene ring substituents is 1. The molecular weight excluding hydrogens is 388 g/mol. The molecule has 0 spiro atoms. The maximum atomic E-state index is 12.3. The van der Waals surface area contributed by atoms with Crippen LogP contribution in [0.15, 0.2) is 54.7 Å². The smallest absolute Gasteiger partial charge is 0.342 e. The normalized spacial score (nSPS) is 10.3. The first-order valence-electron chi connectivity index (χ1n) is 7.95. The van der Waals surface area contributed by atoms with E-state index in [1.54, 1.807) is 12.1 Å². The number of rotatable bonds is 6. The minimum absolute atomic E-state index is 0.0529. The maximum Gasteiger partial charge on any atom is 0.342 e. The van der Waals surface area contributed by atoms with Gasteiger partial charge in [0.05, 0.1) is 16.8 Å². The highest BCUT2D eigenvalue weighted by Crippen LogP contribution is 2.27. The van der Waals surface area contributed by atoms with Gasteiger partial charge in [-0.25, -0.2) is 4.79 Å². The minimum Gasteiger partial charge on any atom is -0.452 e. The zero-order valence-electron chi connectivity index (χ0n) is 14.2. The molecule has 0 radical (unpaired) electrons. The third-order valence-corrected chi connectivity index (χ3v) is 4.00. The molecule has 0 aliphatic rings. The van der Waals surface area contributed by atoms with E-state index in [0.29, 0.717) is 5.69 Å². The number of carbonyl (C=O) groups is 2. The molecule has 0 saturated heterocycles. The molecule has 2 N–H and O–H groups in total. The van der Waals surface area contributed by atoms with Gasteiger partial charge in [0.15, 0.2) is 6.61 Å². The highest BCUT2D eigenvalue weighted by Gasteiger charge is 2.18. The van der Waals surface area contributed by atoms with Crippen LogP contribution >= 0.6 is 11.6 Å². The summed E-state index contributed by atoms with van der Waals surface area (Å²) in [5.74, 6) is -1.39. The van der Waals surface area contributed by atoms with Gasteiger partial charge in [-0.1, -0.05) is 41.9 Å². The lowest BCUT2D eigenvalue weighted by Crippen LogP contribution is -2.21. The lowest BCUT2D eigenvalue weighted by molar-refractivity contribution is -0.384. The van der Waals surface area contributed by atoms with Gasteiger partial charge in [0.2, 0.25) is 0 Å². The summed E-state index contributed by atoms with van der Waals surface area (Å²) in [5, 5.41) is 19.8. The molecule has 10 heteroatoms. The number of hydrogen-bond donors (Lipinski definition) is 2. The number of nitrogens with one attached hydrogen (secondary N) is 2. The molecule has 0 fully saturated rings. The van der Waals surface area contributed by atoms with Gasteiger partial charge in [-0.15, -0.1) is 0 Å². The number of nitro groups is 1. The summed E-state index contributed by atoms with van der Waals surface area (Å²) in [6.45, 7) is -0.575. The average molecular weight is 401 g/mol. The molecule has 3 aromatic rings. The van der Waals surface area contributed by atoms with E-state index in [-0.39, 0.29) is 22.0 Å². The predicted octanol–water partition coefficient (Wildman–Crippen LogP) is 3.43. The van der Waals surface area contributed by atoms with Crippen molar-refractivity contribution in [1.82, 2.24) is 10.2 Å². The Morgan fingerprint density at radius 2 is 1.96 bits per heavy atom. The Hall–Kier alpha value is -3.72. The van der Waals surface area contributed by atoms with Gasteiger partial charge < -0.3 is 10.1 Å². The summed E-state index contributed by atoms with van der Waals surface area (Å²) in [5.41, 5.74) is 1.21. The number of H-pyrrole nitrogens is 1. The van der Waals surface area contributed by atoms with Crippen LogP contribution in [0.2, 0.25) is 5.02 Å². The highest BCUT2D eigenvalue weighted by molar-refractivity contribution is 6.32. The zero-order valence-corrected chi connectivity index (χ0v) is 15.0. The molecule has 28 heavy (non-hydrogen) atoms. The Labute approximate surface area is 163 Å². The second-order valence-electron chi connectivity index (χ2n) is 5.57. The van der Waals surface area contributed by atoms with Gasteiger partial charge in [-0.05, 0) is 12.1 Å². The van der Waals surface area contributed by atoms with E-state index in [1.807, 2.05) is 18.2 Å². The molecule has 142 valence electrons. The number of benzene rings is 2. The van der Waals surface area contributed by atoms with Gasteiger partial charge in [0, 0.05) is 17.3 Å². The summed E-state index contributed by atoms with van der Waals surface area (Å²) >= 11 is 5.72. The van der Waals surface area contributed by atoms with Crippen LogP contribution in [0.1, 0.15) is 10.4 Å². The first-order chi connectivity index (χ1) is 13.5. The Morgan fingerprint density at radius 1 is 1.21 bits per heavy atom. The Balaban J connectivity index is 1.63. The van der Waals surface area contributed by atoms with Crippen molar-refractivity contribution in [3.05, 3.63) is 75.4 Å². The number of nitrogens with zero attached hydrogens (tertiary/aromatic N) is 2. The molecule has 3 rings (SSSR count). The van der Waals surface area contributed by atoms with Crippen LogP contribution in [0.5, 0.6) is 0 Å². The van der Waals surface area contributed by atoms with Gasteiger partial charge in [0.1, 0.15) is 10.6 Å². The third kappa shape index (κ3) is 4.33. The first-order valence-corrected chi connectivity index (χ1v) is 8.33. The predicted molar refractivity (Wildman–Crippen MR) is 101 cm³/mol. The molecule has 0 unspecified atom stereocenters. The molecule has 0 atom stereocenters. The molecule has 1 aromatic heterocycles. The monoisotopic (exact) mass is 400 g/mol. The van der Waals surface area contributed by atoms with E-state index in [4.69, 9.17) is 16.3 Å². The van der Waals surface area contributed by atoms with Gasteiger partial charge in [0.25, 0.3) is 11.6 Å². The standard InChI is InChI=1S/C18H13ClN4O5/c19-14-7-6-12(8-15(14)23(26)27)21-16(24)10-28-18(25)13-9-20-22-17(13)11-4-2-1-3-5-11/h1-9H,10H2,(H,20,22)(H,21,24). The quantitative estimate of drug-likeness (QED) is 0.370. The molecular formula is C18H13ClN4O5. The SMILES string of the molecule is O=C(COC(=O)c1cn[nH]c1-c1ccccc1)Nc1ccc(Cl)c([N+](=O)[O-])c1. The summed E-state index contributed by atoms with van der Waals surface area (Å²) in [7, 11) is 0. The molecule has 0 aliphatic heterocycles. The summed E-state index contributed by atoms with van der Waals surface area (Å²) in [6, 6.07) is 12.9. The van der Waals surface area contributed by atoms with Gasteiger partial charge in [-0.3, -0.25) is 20.0 Å². The van der Waals surface area contributed by atoms with Crippen molar-refractivity contribution in [2.75, 3.05) is 11.9 Å². The number of esters is 1. The molecule has 9 nitrogen and oxygen atoms in total. The van der Waals surface area contributed by atoms with Crippen LogP contribution < -0.4 is 5.32 Å². The van der Waals surface area contributed by atoms with E-state index >= 15 is 0 Å². The van der Waals surface area contributed by atoms with E-state index in [1.165, 1.54) is 18.3 Å². The highest BCUT2D eigenvalue weighted by atomic mass is 35.5. The van der Waals surface area contributed by atoms with Crippen molar-refractivity contribution in [3.63, 3.8) is 0 Å². The van der Waals surface area contributed by atoms with Crippen molar-refractivity contribution in [3.8, 4) is 11.3 Å². The fourth-order valence-corrected chi connectivity index (χ4v) is 2.59. The van der Waals surface area contributed by atoms with Crippen molar-refractivity contribution >= 4 is 34.9 Å². The van der Waals surface area contributed by atoms with Crippen LogP contribution in [-0.2, 0) is 9.53 Å². The molecule has 1 heterocycles. The molecule has 1 amide bonds. The largest absolute Gasteiger partial charge is 0.452 e. The summed E-state index contributed by atoms with van der Waals surface area (Å²) in [6.07, 6.45) is 1.31. The Bertz CT molecular complexity index is 1040. The zero-order chi connectivity index (χ0) is 20.1. The number of hydrogen-bond acceptors (Lipinski definition) is 6. The second-order valence-corrected chi connectivity index (χ2v) is 5.98. The average Bonchev–Trinajstić information content (AvgIpc) is 3.18. The van der Waals surface area contributed by atoms with Crippen LogP contribution in [0, 0.1) is 10.1 Å². The summed E-state index contributed by atoms with van der Waals surface area (Å²) < 4.78 is 5.01. The van der Waals surface area contributed by atoms with E-state index in [9.17, 15) is 19.7 Å². The van der Waals surface area contributed by atoms with Crippen molar-refractivity contribution in [1.29, 1.82) is 0 Å². The summed E-state index contributed by atoms with van der Waals surface area (Å²) in [4.78, 5) is 34.5. The first kappa shape index (κ1) is 19.1. The minimum atomic E-state index is -0.732. The van der Waals surface area contributed by atoms with E-state index in [0.717, 1.165) is 11.6 Å². The van der Waals surface area contributed by atoms with Crippen LogP contribution in [0.25, 0.3) is 11.3 Å². The number of halogens is 1. The van der Waals surface area contributed by atoms with Crippen molar-refractivity contribution < 1.29 is 19.2 Å². The Morgan fingerprint density at radius 3 is 2.68 bits per heavy atom. The Kier molecular flexibility index (Phi) is 5.66. The van der Waals surface area contributed by atoms with E-state index in [2.05, 4.69) is 15.5 Å². The fourth-order valence-electron chi connectivity index (χ4n) is 2.40. The third-order valence-electron chi connectivity index (χ3n) is 3.68. The van der Waals surface area contributed by atoms with Gasteiger partial charge >= 0.3 is 5.97 Å². The fraction of sp³-hybridized carbons (Fsp3) is 0.0556. The molecule has 0 bridgehead atoms. The van der Waals surface area contributed by atoms with Gasteiger partial charge in [-0.2, -0.15) is 5.10 Å². The second kappa shape index (κ2) is 8.31. The number of aromatic nitrogens is 2. The number of ether oxygens (including phenoxy) is 1. The number of anilines is 1. The number of aromatic amines is 1. The van der Waals surface area contributed by atoms with Crippen molar-refractivity contribution in [2.24, 2.45) is 0 Å². The number of amides is 1.